The Labute approximate surface area is 870 Å². The van der Waals surface area contributed by atoms with Crippen molar-refractivity contribution in [1.29, 1.82) is 0 Å². The molecule has 0 radical (unpaired) electrons. The largest absolute Gasteiger partial charge is 0.491 e. The maximum Gasteiger partial charge on any atom is 0.237 e. The normalized spacial score (nSPS) is 21.1. The second-order valence-corrected chi connectivity index (χ2v) is 37.7. The minimum atomic E-state index is -0.470. The summed E-state index contributed by atoms with van der Waals surface area (Å²) in [5.41, 5.74) is 4.27. The van der Waals surface area contributed by atoms with Gasteiger partial charge in [0.15, 0.2) is 31.5 Å². The molecule has 15 unspecified atom stereocenters. The lowest BCUT2D eigenvalue weighted by Crippen LogP contribution is -2.30. The Morgan fingerprint density at radius 3 is 0.745 bits per heavy atom. The number of carbonyl (C=O) groups is 10. The molecular weight excluding hydrogens is 1840 g/mol. The van der Waals surface area contributed by atoms with E-state index in [1.54, 1.807) is 197 Å². The monoisotopic (exact) mass is 2020 g/mol. The number of hydrogen-bond acceptors (Lipinski definition) is 22. The Hall–Kier alpha value is -11.4. The Bertz CT molecular complexity index is 4920. The van der Waals surface area contributed by atoms with Crippen molar-refractivity contribution in [3.63, 3.8) is 0 Å². The van der Waals surface area contributed by atoms with Crippen LogP contribution in [0, 0.1) is 71.0 Å². The van der Waals surface area contributed by atoms with Gasteiger partial charge in [-0.2, -0.15) is 0 Å². The van der Waals surface area contributed by atoms with Crippen LogP contribution in [0.25, 0.3) is 0 Å². The topological polar surface area (TPSA) is 298 Å². The van der Waals surface area contributed by atoms with E-state index in [-0.39, 0.29) is 223 Å². The van der Waals surface area contributed by atoms with Gasteiger partial charge in [-0.1, -0.05) is 260 Å². The summed E-state index contributed by atoms with van der Waals surface area (Å²) in [5, 5.41) is 0. The molecule has 27 nitrogen and oxygen atoms in total. The molecule has 5 aliphatic heterocycles. The first-order chi connectivity index (χ1) is 64.3. The van der Waals surface area contributed by atoms with Gasteiger partial charge in [-0.3, -0.25) is 72.4 Å². The third-order valence-electron chi connectivity index (χ3n) is 25.9. The van der Waals surface area contributed by atoms with Gasteiger partial charge >= 0.3 is 0 Å². The maximum atomic E-state index is 12.3. The van der Waals surface area contributed by atoms with E-state index in [2.05, 4.69) is 46.8 Å². The first kappa shape index (κ1) is 134. The van der Waals surface area contributed by atoms with Crippen LogP contribution in [0.3, 0.4) is 0 Å². The summed E-state index contributed by atoms with van der Waals surface area (Å²) < 4.78 is 68.6. The van der Waals surface area contributed by atoms with Gasteiger partial charge in [0.1, 0.15) is 53.5 Å². The summed E-state index contributed by atoms with van der Waals surface area (Å²) in [4.78, 5) is 129. The van der Waals surface area contributed by atoms with Crippen LogP contribution in [0.4, 0.5) is 28.4 Å². The highest BCUT2D eigenvalue weighted by Crippen LogP contribution is 2.39. The van der Waals surface area contributed by atoms with Crippen LogP contribution in [-0.4, -0.2) is 136 Å². The van der Waals surface area contributed by atoms with Crippen molar-refractivity contribution in [2.75, 3.05) is 64.1 Å². The number of imide groups is 5. The summed E-state index contributed by atoms with van der Waals surface area (Å²) in [6.45, 7) is 40.8. The van der Waals surface area contributed by atoms with Crippen molar-refractivity contribution in [3.05, 3.63) is 181 Å². The van der Waals surface area contributed by atoms with E-state index in [4.69, 9.17) is 56.8 Å². The molecule has 7 aromatic rings. The van der Waals surface area contributed by atoms with Gasteiger partial charge in [-0.05, 0) is 222 Å². The number of nitrogens with zero attached hydrogens (tertiary/aromatic N) is 5. The molecule has 5 saturated heterocycles. The lowest BCUT2D eigenvalue weighted by Gasteiger charge is -2.26. The molecule has 7 aromatic carbocycles. The SMILES string of the molecule is C.C.C.C.C.C.C.C.C.C.CC(C)COC(C)Oc1ccc(N2C(=O)C(C)C(C)C2=O)cc1.CC(OCCC1CCCCC1)Oc1ccc(N2C(=O)C(C)C(C)C2=O)cc1.CC(OCCOc1ccc(C(C)(C)C)cc1)Oc1ccc(N2C(=O)C(C)C(C)C2=O)cc1.CC(OCCOc1ccccc1)Oc1ccc(N2C(=O)C(C)C(C)C2=O)cc1.CC(Oc1ccc(N2C(=O)C(C)C(C)C2=O)cc1)OC1CCCCC1. The first-order valence-electron chi connectivity index (χ1n) is 48.1. The van der Waals surface area contributed by atoms with Gasteiger partial charge in [-0.25, -0.2) is 0 Å². The third-order valence-corrected chi connectivity index (χ3v) is 25.9. The Kier molecular flexibility index (Phi) is 58.3. The van der Waals surface area contributed by atoms with Crippen molar-refractivity contribution in [1.82, 2.24) is 0 Å². The average molecular weight is 2020 g/mol. The van der Waals surface area contributed by atoms with Gasteiger partial charge in [0, 0.05) is 59.2 Å². The second kappa shape index (κ2) is 63.2. The number of amides is 10. The predicted octanol–water partition coefficient (Wildman–Crippen LogP) is 26.6. The minimum Gasteiger partial charge on any atom is -0.491 e. The van der Waals surface area contributed by atoms with Crippen LogP contribution in [0.2, 0.25) is 0 Å². The molecule has 7 aliphatic rings. The van der Waals surface area contributed by atoms with Gasteiger partial charge in [0.05, 0.1) is 61.0 Å². The molecule has 0 bridgehead atoms. The van der Waals surface area contributed by atoms with E-state index in [0.29, 0.717) is 96.1 Å². The highest BCUT2D eigenvalue weighted by molar-refractivity contribution is 6.25. The molecule has 7 fully saturated rings. The maximum absolute atomic E-state index is 12.3. The molecule has 14 rings (SSSR count). The molecular formula is C118H181N5O22. The smallest absolute Gasteiger partial charge is 0.237 e. The van der Waals surface area contributed by atoms with Crippen molar-refractivity contribution in [3.8, 4) is 40.2 Å². The Morgan fingerprint density at radius 2 is 0.490 bits per heavy atom. The van der Waals surface area contributed by atoms with E-state index in [0.717, 1.165) is 43.3 Å². The lowest BCUT2D eigenvalue weighted by atomic mass is 9.87. The molecule has 0 aromatic heterocycles. The van der Waals surface area contributed by atoms with E-state index in [9.17, 15) is 47.9 Å². The summed E-state index contributed by atoms with van der Waals surface area (Å²) in [6, 6.07) is 52.5. The number of hydrogen-bond donors (Lipinski definition) is 0. The lowest BCUT2D eigenvalue weighted by molar-refractivity contribution is -0.124. The van der Waals surface area contributed by atoms with E-state index in [1.165, 1.54) is 81.4 Å². The van der Waals surface area contributed by atoms with E-state index in [1.807, 2.05) is 70.2 Å². The predicted molar refractivity (Wildman–Crippen MR) is 584 cm³/mol. The fourth-order valence-electron chi connectivity index (χ4n) is 16.5. The second-order valence-electron chi connectivity index (χ2n) is 37.7. The Balaban J connectivity index is 0.00000176. The van der Waals surface area contributed by atoms with E-state index >= 15 is 0 Å². The first-order valence-corrected chi connectivity index (χ1v) is 48.1. The van der Waals surface area contributed by atoms with Crippen molar-refractivity contribution in [2.45, 2.75) is 326 Å². The standard InChI is InChI=1S/C26H33NO5.C22H25NO5.C22H31NO4.C20H27NO4.C18H25NO4.10CH4/c1-17-18(2)25(29)27(24(17)28)21-9-13-23(14-10-21)32-19(3)30-15-16-31-22-11-7-20(8-12-22)26(4,5)6;1-15-16(2)22(25)23(21(15)24)18-9-11-20(12-10-18)28-17(3)26-13-14-27-19-7-5-4-6-8-19;1-15-16(2)22(25)23(21(15)24)19-9-11-20(12-10-19)27-17(3)26-14-13-18-7-5-4-6-8-18;1-13-14(2)20(23)21(19(13)22)16-9-11-18(12-10-16)25-15(3)24-17-7-5-4-6-8-17;1-11(2)10-22-14(5)23-16-8-6-15(7-9-16)19-17(20)12(3)13(4)18(19)21;;;;;;;;;;/h7-14,17-19H,15-16H2,1-6H3;4-12,15-17H,13-14H2,1-3H3;9-12,15-18H,4-8,13-14H2,1-3H3;9-15,17H,4-8H2,1-3H3;6-9,11-14H,10H2,1-5H3;10*1H4. The molecule has 145 heavy (non-hydrogen) atoms. The highest BCUT2D eigenvalue weighted by Gasteiger charge is 2.48. The molecule has 0 N–H and O–H groups in total. The fourth-order valence-corrected chi connectivity index (χ4v) is 16.5. The molecule has 810 valence electrons. The number of ether oxygens (including phenoxy) is 12. The third kappa shape index (κ3) is 36.9. The number of rotatable bonds is 34. The molecule has 27 heteroatoms. The van der Waals surface area contributed by atoms with Gasteiger partial charge in [-0.15, -0.1) is 0 Å². The molecule has 0 spiro atoms. The zero-order chi connectivity index (χ0) is 98.1. The van der Waals surface area contributed by atoms with Crippen LogP contribution < -0.4 is 57.7 Å². The number of anilines is 5. The number of carbonyl (C=O) groups excluding carboxylic acids is 10. The van der Waals surface area contributed by atoms with Crippen LogP contribution >= 0.6 is 0 Å². The Morgan fingerprint density at radius 1 is 0.262 bits per heavy atom. The van der Waals surface area contributed by atoms with Crippen LogP contribution in [-0.2, 0) is 77.0 Å². The van der Waals surface area contributed by atoms with Gasteiger partial charge in [0.2, 0.25) is 59.1 Å². The van der Waals surface area contributed by atoms with Gasteiger partial charge in [0.25, 0.3) is 0 Å². The van der Waals surface area contributed by atoms with Gasteiger partial charge < -0.3 is 56.8 Å². The van der Waals surface area contributed by atoms with Crippen LogP contribution in [0.1, 0.15) is 289 Å². The number of benzene rings is 7. The molecule has 10 amide bonds. The average Bonchev–Trinajstić information content (AvgIpc) is 1.61. The van der Waals surface area contributed by atoms with Crippen LogP contribution in [0.5, 0.6) is 40.2 Å². The molecule has 2 aliphatic carbocycles. The molecule has 2 saturated carbocycles. The number of para-hydroxylation sites is 1. The molecule has 15 atom stereocenters. The summed E-state index contributed by atoms with van der Waals surface area (Å²) >= 11 is 0. The van der Waals surface area contributed by atoms with E-state index < -0.39 is 12.6 Å². The molecule has 5 heterocycles. The highest BCUT2D eigenvalue weighted by atomic mass is 16.7. The summed E-state index contributed by atoms with van der Waals surface area (Å²) in [7, 11) is 0. The summed E-state index contributed by atoms with van der Waals surface area (Å²) in [5.74, 6) is 1.68. The summed E-state index contributed by atoms with van der Waals surface area (Å²) in [6.07, 6.45) is 12.1. The minimum absolute atomic E-state index is 0. The zero-order valence-electron chi connectivity index (χ0n) is 82.4. The zero-order valence-corrected chi connectivity index (χ0v) is 82.4. The fraction of sp³-hybridized carbons (Fsp3) is 0.559. The van der Waals surface area contributed by atoms with Crippen molar-refractivity contribution in [2.24, 2.45) is 71.0 Å². The van der Waals surface area contributed by atoms with Crippen molar-refractivity contribution >= 4 is 87.5 Å². The quantitative estimate of drug-likeness (QED) is 0.0206. The van der Waals surface area contributed by atoms with Crippen molar-refractivity contribution < 1.29 is 105 Å². The van der Waals surface area contributed by atoms with Crippen LogP contribution in [0.15, 0.2) is 176 Å².